The fourth-order valence-electron chi connectivity index (χ4n) is 3.32. The zero-order chi connectivity index (χ0) is 16.4. The maximum Gasteiger partial charge on any atom is 0.315 e. The third-order valence-corrected chi connectivity index (χ3v) is 4.89. The summed E-state index contributed by atoms with van der Waals surface area (Å²) in [6.45, 7) is 0. The first kappa shape index (κ1) is 15.8. The zero-order valence-corrected chi connectivity index (χ0v) is 12.8. The van der Waals surface area contributed by atoms with Crippen molar-refractivity contribution in [1.29, 1.82) is 0 Å². The number of carbonyl (C=O) groups is 2. The molecular formula is C17H21FN2O3. The standard InChI is InChI=1S/C17H21FN2O3/c18-13-3-1-2-12(10-13)17(8-9-17)20-16(23)19-14-6-4-11(5-7-14)15(21)22/h1-3,10-11,14H,4-9H2,(H,21,22)(H2,19,20,23). The van der Waals surface area contributed by atoms with Gasteiger partial charge < -0.3 is 15.7 Å². The van der Waals surface area contributed by atoms with Crippen molar-refractivity contribution in [2.45, 2.75) is 50.1 Å². The predicted octanol–water partition coefficient (Wildman–Crippen LogP) is 2.76. The number of urea groups is 1. The summed E-state index contributed by atoms with van der Waals surface area (Å²) in [6, 6.07) is 6.08. The van der Waals surface area contributed by atoms with E-state index in [1.54, 1.807) is 6.07 Å². The summed E-state index contributed by atoms with van der Waals surface area (Å²) >= 11 is 0. The molecule has 124 valence electrons. The van der Waals surface area contributed by atoms with Gasteiger partial charge in [-0.15, -0.1) is 0 Å². The number of benzene rings is 1. The zero-order valence-electron chi connectivity index (χ0n) is 12.8. The average Bonchev–Trinajstić information content (AvgIpc) is 3.28. The van der Waals surface area contributed by atoms with Crippen LogP contribution < -0.4 is 10.6 Å². The summed E-state index contributed by atoms with van der Waals surface area (Å²) in [4.78, 5) is 23.1. The van der Waals surface area contributed by atoms with Gasteiger partial charge >= 0.3 is 12.0 Å². The average molecular weight is 320 g/mol. The van der Waals surface area contributed by atoms with Crippen LogP contribution in [0.25, 0.3) is 0 Å². The lowest BCUT2D eigenvalue weighted by molar-refractivity contribution is -0.142. The van der Waals surface area contributed by atoms with E-state index >= 15 is 0 Å². The highest BCUT2D eigenvalue weighted by molar-refractivity contribution is 5.76. The lowest BCUT2D eigenvalue weighted by atomic mass is 9.86. The molecule has 2 saturated carbocycles. The van der Waals surface area contributed by atoms with Crippen LogP contribution in [-0.2, 0) is 10.3 Å². The largest absolute Gasteiger partial charge is 0.481 e. The minimum atomic E-state index is -0.754. The van der Waals surface area contributed by atoms with Gasteiger partial charge in [-0.25, -0.2) is 9.18 Å². The van der Waals surface area contributed by atoms with Crippen molar-refractivity contribution in [3.8, 4) is 0 Å². The summed E-state index contributed by atoms with van der Waals surface area (Å²) in [5.74, 6) is -1.35. The van der Waals surface area contributed by atoms with Gasteiger partial charge in [0, 0.05) is 6.04 Å². The molecule has 1 aromatic rings. The van der Waals surface area contributed by atoms with Crippen molar-refractivity contribution in [2.24, 2.45) is 5.92 Å². The van der Waals surface area contributed by atoms with Gasteiger partial charge in [0.05, 0.1) is 11.5 Å². The molecule has 3 rings (SSSR count). The number of carboxylic acid groups (broad SMARTS) is 1. The number of halogens is 1. The number of aliphatic carboxylic acids is 1. The van der Waals surface area contributed by atoms with E-state index in [1.807, 2.05) is 6.07 Å². The lowest BCUT2D eigenvalue weighted by Gasteiger charge is -2.28. The molecule has 0 heterocycles. The number of hydrogen-bond donors (Lipinski definition) is 3. The Morgan fingerprint density at radius 2 is 1.87 bits per heavy atom. The molecule has 2 aliphatic rings. The van der Waals surface area contributed by atoms with Gasteiger partial charge in [-0.05, 0) is 56.2 Å². The van der Waals surface area contributed by atoms with Crippen LogP contribution in [0.3, 0.4) is 0 Å². The van der Waals surface area contributed by atoms with Crippen LogP contribution in [0.15, 0.2) is 24.3 Å². The van der Waals surface area contributed by atoms with Crippen LogP contribution in [0.2, 0.25) is 0 Å². The van der Waals surface area contributed by atoms with Gasteiger partial charge in [0.1, 0.15) is 5.82 Å². The quantitative estimate of drug-likeness (QED) is 0.798. The molecule has 0 spiro atoms. The minimum absolute atomic E-state index is 0.00825. The van der Waals surface area contributed by atoms with Gasteiger partial charge in [0.15, 0.2) is 0 Å². The highest BCUT2D eigenvalue weighted by atomic mass is 19.1. The molecule has 0 saturated heterocycles. The van der Waals surface area contributed by atoms with E-state index in [-0.39, 0.29) is 23.8 Å². The molecule has 6 heteroatoms. The normalized spacial score (nSPS) is 25.4. The van der Waals surface area contributed by atoms with E-state index < -0.39 is 11.5 Å². The third kappa shape index (κ3) is 3.63. The lowest BCUT2D eigenvalue weighted by Crippen LogP contribution is -2.47. The van der Waals surface area contributed by atoms with Crippen molar-refractivity contribution in [3.63, 3.8) is 0 Å². The van der Waals surface area contributed by atoms with Gasteiger partial charge in [-0.3, -0.25) is 4.79 Å². The van der Waals surface area contributed by atoms with Gasteiger partial charge in [-0.2, -0.15) is 0 Å². The van der Waals surface area contributed by atoms with Gasteiger partial charge in [0.2, 0.25) is 0 Å². The highest BCUT2D eigenvalue weighted by Crippen LogP contribution is 2.45. The first-order chi connectivity index (χ1) is 11.0. The Kier molecular flexibility index (Phi) is 4.24. The number of nitrogens with one attached hydrogen (secondary N) is 2. The molecule has 0 aromatic heterocycles. The number of amides is 2. The molecule has 0 atom stereocenters. The van der Waals surface area contributed by atoms with E-state index in [2.05, 4.69) is 10.6 Å². The van der Waals surface area contributed by atoms with Crippen LogP contribution >= 0.6 is 0 Å². The molecule has 1 aromatic carbocycles. The molecule has 5 nitrogen and oxygen atoms in total. The van der Waals surface area contributed by atoms with E-state index in [0.717, 1.165) is 18.4 Å². The Hall–Kier alpha value is -2.11. The minimum Gasteiger partial charge on any atom is -0.481 e. The molecule has 0 radical (unpaired) electrons. The van der Waals surface area contributed by atoms with E-state index in [4.69, 9.17) is 5.11 Å². The van der Waals surface area contributed by atoms with Crippen molar-refractivity contribution >= 4 is 12.0 Å². The Morgan fingerprint density at radius 3 is 2.43 bits per heavy atom. The van der Waals surface area contributed by atoms with Gasteiger partial charge in [-0.1, -0.05) is 12.1 Å². The monoisotopic (exact) mass is 320 g/mol. The number of carboxylic acids is 1. The first-order valence-corrected chi connectivity index (χ1v) is 8.06. The molecular weight excluding hydrogens is 299 g/mol. The molecule has 2 fully saturated rings. The summed E-state index contributed by atoms with van der Waals surface area (Å²) in [6.07, 6.45) is 4.14. The van der Waals surface area contributed by atoms with E-state index in [1.165, 1.54) is 12.1 Å². The SMILES string of the molecule is O=C(NC1CCC(C(=O)O)CC1)NC1(c2cccc(F)c2)CC1. The van der Waals surface area contributed by atoms with Crippen molar-refractivity contribution < 1.29 is 19.1 Å². The Labute approximate surface area is 134 Å². The molecule has 2 amide bonds. The number of hydrogen-bond acceptors (Lipinski definition) is 2. The molecule has 2 aliphatic carbocycles. The summed E-state index contributed by atoms with van der Waals surface area (Å²) in [7, 11) is 0. The molecule has 23 heavy (non-hydrogen) atoms. The Balaban J connectivity index is 1.53. The number of carbonyl (C=O) groups excluding carboxylic acids is 1. The van der Waals surface area contributed by atoms with Crippen LogP contribution in [0, 0.1) is 11.7 Å². The fourth-order valence-corrected chi connectivity index (χ4v) is 3.32. The fraction of sp³-hybridized carbons (Fsp3) is 0.529. The first-order valence-electron chi connectivity index (χ1n) is 8.06. The summed E-state index contributed by atoms with van der Waals surface area (Å²) in [5, 5.41) is 14.9. The maximum absolute atomic E-state index is 13.4. The van der Waals surface area contributed by atoms with Crippen LogP contribution in [0.4, 0.5) is 9.18 Å². The van der Waals surface area contributed by atoms with Crippen LogP contribution in [0.5, 0.6) is 0 Å². The van der Waals surface area contributed by atoms with Crippen molar-refractivity contribution in [2.75, 3.05) is 0 Å². The topological polar surface area (TPSA) is 78.4 Å². The summed E-state index contributed by atoms with van der Waals surface area (Å²) in [5.41, 5.74) is 0.340. The second kappa shape index (κ2) is 6.18. The maximum atomic E-state index is 13.4. The summed E-state index contributed by atoms with van der Waals surface area (Å²) < 4.78 is 13.4. The van der Waals surface area contributed by atoms with Crippen molar-refractivity contribution in [1.82, 2.24) is 10.6 Å². The second-order valence-electron chi connectivity index (χ2n) is 6.58. The molecule has 0 unspecified atom stereocenters. The number of rotatable bonds is 4. The van der Waals surface area contributed by atoms with Gasteiger partial charge in [0.25, 0.3) is 0 Å². The Bertz CT molecular complexity index is 608. The third-order valence-electron chi connectivity index (χ3n) is 4.89. The van der Waals surface area contributed by atoms with E-state index in [9.17, 15) is 14.0 Å². The van der Waals surface area contributed by atoms with Crippen LogP contribution in [0.1, 0.15) is 44.1 Å². The molecule has 0 bridgehead atoms. The highest BCUT2D eigenvalue weighted by Gasteiger charge is 2.46. The molecule has 3 N–H and O–H groups in total. The predicted molar refractivity (Wildman–Crippen MR) is 82.4 cm³/mol. The molecule has 0 aliphatic heterocycles. The Morgan fingerprint density at radius 1 is 1.17 bits per heavy atom. The van der Waals surface area contributed by atoms with Crippen LogP contribution in [-0.4, -0.2) is 23.1 Å². The van der Waals surface area contributed by atoms with E-state index in [0.29, 0.717) is 25.7 Å². The van der Waals surface area contributed by atoms with Crippen molar-refractivity contribution in [3.05, 3.63) is 35.6 Å². The smallest absolute Gasteiger partial charge is 0.315 e. The second-order valence-corrected chi connectivity index (χ2v) is 6.58.